The smallest absolute Gasteiger partial charge is 0.273 e. The number of aryl methyl sites for hydroxylation is 1. The number of amides is 1. The van der Waals surface area contributed by atoms with E-state index in [-0.39, 0.29) is 5.91 Å². The van der Waals surface area contributed by atoms with E-state index in [1.165, 1.54) is 11.3 Å². The van der Waals surface area contributed by atoms with Crippen LogP contribution in [0.4, 0.5) is 0 Å². The summed E-state index contributed by atoms with van der Waals surface area (Å²) in [6.45, 7) is 5.64. The number of aromatic nitrogens is 3. The highest BCUT2D eigenvalue weighted by Gasteiger charge is 2.58. The minimum Gasteiger partial charge on any atom is -0.334 e. The Kier molecular flexibility index (Phi) is 4.14. The molecule has 1 spiro atoms. The van der Waals surface area contributed by atoms with Crippen molar-refractivity contribution in [1.29, 1.82) is 0 Å². The molecule has 4 rings (SSSR count). The first-order chi connectivity index (χ1) is 11.7. The molecule has 0 aromatic carbocycles. The highest BCUT2D eigenvalue weighted by molar-refractivity contribution is 7.07. The summed E-state index contributed by atoms with van der Waals surface area (Å²) < 4.78 is 2.11. The quantitative estimate of drug-likeness (QED) is 0.902. The Balaban J connectivity index is 1.59. The number of hydrogen-bond acceptors (Lipinski definition) is 5. The van der Waals surface area contributed by atoms with Gasteiger partial charge in [-0.3, -0.25) is 4.79 Å². The number of piperidine rings is 1. The first kappa shape index (κ1) is 15.8. The summed E-state index contributed by atoms with van der Waals surface area (Å²) in [5.41, 5.74) is 2.59. The predicted molar refractivity (Wildman–Crippen MR) is 92.8 cm³/mol. The summed E-state index contributed by atoms with van der Waals surface area (Å²) in [5.74, 6) is 0.999. The van der Waals surface area contributed by atoms with Gasteiger partial charge < -0.3 is 14.8 Å². The third-order valence-electron chi connectivity index (χ3n) is 5.49. The zero-order chi connectivity index (χ0) is 16.6. The lowest BCUT2D eigenvalue weighted by Gasteiger charge is -2.29. The Hall–Kier alpha value is -1.73. The van der Waals surface area contributed by atoms with Gasteiger partial charge in [-0.2, -0.15) is 0 Å². The minimum absolute atomic E-state index is 0.0438. The average molecular weight is 345 g/mol. The molecule has 0 bridgehead atoms. The molecular weight excluding hydrogens is 322 g/mol. The molecule has 128 valence electrons. The van der Waals surface area contributed by atoms with Crippen molar-refractivity contribution in [3.05, 3.63) is 34.8 Å². The fourth-order valence-corrected chi connectivity index (χ4v) is 4.48. The molecule has 0 radical (unpaired) electrons. The largest absolute Gasteiger partial charge is 0.334 e. The van der Waals surface area contributed by atoms with Crippen LogP contribution in [0, 0.1) is 5.41 Å². The SMILES string of the molecule is CCn1ccnc1CN(C(=O)c1cscn1)[C@@H]1CC12CCNCC2. The molecule has 24 heavy (non-hydrogen) atoms. The van der Waals surface area contributed by atoms with Gasteiger partial charge in [0.05, 0.1) is 12.1 Å². The molecule has 7 heteroatoms. The van der Waals surface area contributed by atoms with Crippen molar-refractivity contribution in [3.8, 4) is 0 Å². The topological polar surface area (TPSA) is 63.1 Å². The highest BCUT2D eigenvalue weighted by atomic mass is 32.1. The minimum atomic E-state index is 0.0438. The van der Waals surface area contributed by atoms with Crippen molar-refractivity contribution >= 4 is 17.2 Å². The Morgan fingerprint density at radius 2 is 2.29 bits per heavy atom. The van der Waals surface area contributed by atoms with Crippen LogP contribution in [0.3, 0.4) is 0 Å². The van der Waals surface area contributed by atoms with Crippen LogP contribution in [-0.2, 0) is 13.1 Å². The van der Waals surface area contributed by atoms with Gasteiger partial charge in [0.2, 0.25) is 0 Å². The van der Waals surface area contributed by atoms with E-state index in [9.17, 15) is 4.79 Å². The van der Waals surface area contributed by atoms with Gasteiger partial charge in [-0.15, -0.1) is 11.3 Å². The third-order valence-corrected chi connectivity index (χ3v) is 6.08. The Labute approximate surface area is 145 Å². The van der Waals surface area contributed by atoms with Crippen molar-refractivity contribution in [3.63, 3.8) is 0 Å². The van der Waals surface area contributed by atoms with E-state index in [0.29, 0.717) is 23.7 Å². The van der Waals surface area contributed by atoms with Crippen molar-refractivity contribution < 1.29 is 4.79 Å². The van der Waals surface area contributed by atoms with Gasteiger partial charge in [-0.05, 0) is 44.7 Å². The second kappa shape index (κ2) is 6.29. The van der Waals surface area contributed by atoms with Crippen LogP contribution in [0.1, 0.15) is 42.5 Å². The second-order valence-corrected chi connectivity index (χ2v) is 7.49. The van der Waals surface area contributed by atoms with E-state index < -0.39 is 0 Å². The summed E-state index contributed by atoms with van der Waals surface area (Å²) in [6.07, 6.45) is 7.21. The average Bonchev–Trinajstić information content (AvgIpc) is 3.05. The lowest BCUT2D eigenvalue weighted by Crippen LogP contribution is -2.39. The third kappa shape index (κ3) is 2.75. The maximum absolute atomic E-state index is 13.1. The first-order valence-corrected chi connectivity index (χ1v) is 9.58. The van der Waals surface area contributed by atoms with Gasteiger partial charge in [0.15, 0.2) is 0 Å². The lowest BCUT2D eigenvalue weighted by molar-refractivity contribution is 0.0679. The van der Waals surface area contributed by atoms with Gasteiger partial charge in [0, 0.05) is 30.4 Å². The molecule has 2 aromatic heterocycles. The maximum atomic E-state index is 13.1. The molecule has 1 saturated heterocycles. The van der Waals surface area contributed by atoms with E-state index in [0.717, 1.165) is 44.7 Å². The van der Waals surface area contributed by atoms with Crippen LogP contribution in [0.15, 0.2) is 23.3 Å². The summed E-state index contributed by atoms with van der Waals surface area (Å²) in [5, 5.41) is 5.28. The standard InChI is InChI=1S/C17H23N5OS/c1-2-21-8-7-19-15(21)10-22(16(23)13-11-24-12-20-13)14-9-17(14)3-5-18-6-4-17/h7-8,11-12,14,18H,2-6,9-10H2,1H3/t14-/m1/s1. The molecule has 1 atom stereocenters. The predicted octanol–water partition coefficient (Wildman–Crippen LogP) is 2.14. The molecule has 1 saturated carbocycles. The number of thiazole rings is 1. The summed E-state index contributed by atoms with van der Waals surface area (Å²) in [7, 11) is 0. The van der Waals surface area contributed by atoms with Gasteiger partial charge in [-0.1, -0.05) is 0 Å². The molecule has 3 heterocycles. The molecule has 6 nitrogen and oxygen atoms in total. The zero-order valence-corrected chi connectivity index (χ0v) is 14.8. The van der Waals surface area contributed by atoms with Crippen LogP contribution < -0.4 is 5.32 Å². The number of imidazole rings is 1. The van der Waals surface area contributed by atoms with Crippen LogP contribution in [0.25, 0.3) is 0 Å². The van der Waals surface area contributed by atoms with E-state index >= 15 is 0 Å². The van der Waals surface area contributed by atoms with Crippen LogP contribution in [0.5, 0.6) is 0 Å². The highest BCUT2D eigenvalue weighted by Crippen LogP contribution is 2.56. The second-order valence-electron chi connectivity index (χ2n) is 6.77. The van der Waals surface area contributed by atoms with Gasteiger partial charge in [0.25, 0.3) is 5.91 Å². The molecule has 1 aliphatic heterocycles. The summed E-state index contributed by atoms with van der Waals surface area (Å²) in [6, 6.07) is 0.316. The zero-order valence-electron chi connectivity index (χ0n) is 13.9. The van der Waals surface area contributed by atoms with E-state index in [4.69, 9.17) is 0 Å². The number of nitrogens with one attached hydrogen (secondary N) is 1. The fourth-order valence-electron chi connectivity index (χ4n) is 3.95. The Morgan fingerprint density at radius 3 is 3.00 bits per heavy atom. The van der Waals surface area contributed by atoms with Gasteiger partial charge in [-0.25, -0.2) is 9.97 Å². The summed E-state index contributed by atoms with van der Waals surface area (Å²) >= 11 is 1.47. The monoisotopic (exact) mass is 345 g/mol. The molecule has 1 amide bonds. The molecule has 1 N–H and O–H groups in total. The first-order valence-electron chi connectivity index (χ1n) is 8.63. The van der Waals surface area contributed by atoms with Crippen molar-refractivity contribution in [2.24, 2.45) is 5.41 Å². The maximum Gasteiger partial charge on any atom is 0.273 e. The number of hydrogen-bond donors (Lipinski definition) is 1. The number of rotatable bonds is 5. The molecule has 2 fully saturated rings. The van der Waals surface area contributed by atoms with E-state index in [1.807, 2.05) is 22.7 Å². The molecule has 1 aliphatic carbocycles. The lowest BCUT2D eigenvalue weighted by atomic mass is 9.93. The molecule has 0 unspecified atom stereocenters. The van der Waals surface area contributed by atoms with Crippen LogP contribution in [0.2, 0.25) is 0 Å². The Morgan fingerprint density at radius 1 is 1.46 bits per heavy atom. The van der Waals surface area contributed by atoms with Crippen LogP contribution >= 0.6 is 11.3 Å². The molecular formula is C17H23N5OS. The van der Waals surface area contributed by atoms with Crippen molar-refractivity contribution in [2.75, 3.05) is 13.1 Å². The number of carbonyl (C=O) groups is 1. The summed E-state index contributed by atoms with van der Waals surface area (Å²) in [4.78, 5) is 23.8. The van der Waals surface area contributed by atoms with Crippen molar-refractivity contribution in [1.82, 2.24) is 24.8 Å². The number of nitrogens with zero attached hydrogens (tertiary/aromatic N) is 4. The van der Waals surface area contributed by atoms with Crippen LogP contribution in [-0.4, -0.2) is 44.5 Å². The fraction of sp³-hybridized carbons (Fsp3) is 0.588. The van der Waals surface area contributed by atoms with Crippen molar-refractivity contribution in [2.45, 2.75) is 45.3 Å². The Bertz CT molecular complexity index is 704. The van der Waals surface area contributed by atoms with Gasteiger partial charge >= 0.3 is 0 Å². The molecule has 2 aromatic rings. The molecule has 2 aliphatic rings. The normalized spacial score (nSPS) is 21.8. The number of carbonyl (C=O) groups excluding carboxylic acids is 1. The van der Waals surface area contributed by atoms with E-state index in [2.05, 4.69) is 26.8 Å². The van der Waals surface area contributed by atoms with E-state index in [1.54, 1.807) is 5.51 Å². The van der Waals surface area contributed by atoms with Gasteiger partial charge in [0.1, 0.15) is 11.5 Å².